The number of carbonyl (C=O) groups is 1. The van der Waals surface area contributed by atoms with Crippen LogP contribution < -0.4 is 0 Å². The number of carbonyl (C=O) groups excluding carboxylic acids is 1. The van der Waals surface area contributed by atoms with Crippen molar-refractivity contribution in [1.82, 2.24) is 0 Å². The van der Waals surface area contributed by atoms with E-state index in [9.17, 15) is 9.90 Å². The molecule has 0 spiro atoms. The fourth-order valence-corrected chi connectivity index (χ4v) is 3.06. The number of hydrogen-bond acceptors (Lipinski definition) is 4. The average molecular weight is 316 g/mol. The SMILES string of the molecule is CCOC(=O)C(=[N+]=[N-])C(O)C[C@H](C)O[Si](C)(C)C(C)(C)C. The van der Waals surface area contributed by atoms with Crippen LogP contribution in [0.15, 0.2) is 0 Å². The van der Waals surface area contributed by atoms with Crippen molar-refractivity contribution >= 4 is 20.0 Å². The summed E-state index contributed by atoms with van der Waals surface area (Å²) in [6, 6.07) is 0. The first-order valence-electron chi connectivity index (χ1n) is 7.21. The van der Waals surface area contributed by atoms with E-state index < -0.39 is 20.4 Å². The quantitative estimate of drug-likeness (QED) is 0.256. The van der Waals surface area contributed by atoms with E-state index in [-0.39, 0.29) is 29.9 Å². The molecule has 0 saturated carbocycles. The number of hydrogen-bond donors (Lipinski definition) is 1. The van der Waals surface area contributed by atoms with Crippen LogP contribution in [0.25, 0.3) is 5.53 Å². The summed E-state index contributed by atoms with van der Waals surface area (Å²) in [5, 5.41) is 10.1. The predicted molar refractivity (Wildman–Crippen MR) is 83.6 cm³/mol. The number of aliphatic hydroxyl groups excluding tert-OH is 1. The van der Waals surface area contributed by atoms with Crippen LogP contribution in [-0.2, 0) is 14.0 Å². The van der Waals surface area contributed by atoms with Crippen molar-refractivity contribution in [1.29, 1.82) is 0 Å². The average Bonchev–Trinajstić information content (AvgIpc) is 2.27. The first kappa shape index (κ1) is 20.0. The highest BCUT2D eigenvalue weighted by atomic mass is 28.4. The largest absolute Gasteiger partial charge is 0.457 e. The molecule has 0 heterocycles. The third-order valence-electron chi connectivity index (χ3n) is 3.77. The molecule has 0 rings (SSSR count). The summed E-state index contributed by atoms with van der Waals surface area (Å²) in [7, 11) is -1.95. The normalized spacial score (nSPS) is 15.0. The van der Waals surface area contributed by atoms with Gasteiger partial charge in [-0.3, -0.25) is 0 Å². The smallest absolute Gasteiger partial charge is 0.419 e. The minimum absolute atomic E-state index is 0.0568. The molecule has 0 aromatic rings. The Morgan fingerprint density at radius 1 is 1.38 bits per heavy atom. The Bertz CT molecular complexity index is 412. The maximum absolute atomic E-state index is 11.5. The summed E-state index contributed by atoms with van der Waals surface area (Å²) >= 11 is 0. The number of aliphatic hydroxyl groups is 1. The van der Waals surface area contributed by atoms with Gasteiger partial charge in [0.15, 0.2) is 14.4 Å². The second-order valence-corrected chi connectivity index (χ2v) is 11.4. The Kier molecular flexibility index (Phi) is 7.46. The molecule has 0 saturated heterocycles. The maximum Gasteiger partial charge on any atom is 0.419 e. The van der Waals surface area contributed by atoms with Crippen LogP contribution in [0.4, 0.5) is 0 Å². The summed E-state index contributed by atoms with van der Waals surface area (Å²) in [4.78, 5) is 14.4. The lowest BCUT2D eigenvalue weighted by molar-refractivity contribution is -0.141. The zero-order valence-electron chi connectivity index (χ0n) is 14.1. The van der Waals surface area contributed by atoms with Crippen molar-refractivity contribution < 1.29 is 23.9 Å². The van der Waals surface area contributed by atoms with Gasteiger partial charge >= 0.3 is 11.7 Å². The Morgan fingerprint density at radius 2 is 1.90 bits per heavy atom. The highest BCUT2D eigenvalue weighted by Crippen LogP contribution is 2.37. The molecule has 0 aromatic heterocycles. The van der Waals surface area contributed by atoms with Crippen LogP contribution in [0.3, 0.4) is 0 Å². The lowest BCUT2D eigenvalue weighted by atomic mass is 10.1. The van der Waals surface area contributed by atoms with E-state index in [1.165, 1.54) is 0 Å². The minimum atomic E-state index is -1.95. The molecular formula is C14H28N2O4Si. The molecule has 0 fully saturated rings. The van der Waals surface area contributed by atoms with Crippen LogP contribution in [-0.4, -0.2) is 48.7 Å². The fourth-order valence-electron chi connectivity index (χ4n) is 1.60. The second-order valence-electron chi connectivity index (χ2n) is 6.65. The molecule has 0 radical (unpaired) electrons. The van der Waals surface area contributed by atoms with Crippen molar-refractivity contribution in [2.45, 2.75) is 71.4 Å². The van der Waals surface area contributed by atoms with E-state index in [1.54, 1.807) is 6.92 Å². The van der Waals surface area contributed by atoms with Crippen molar-refractivity contribution in [3.63, 3.8) is 0 Å². The molecule has 2 atom stereocenters. The standard InChI is InChI=1S/C14H28N2O4Si/c1-8-19-13(18)12(16-15)11(17)9-10(2)20-21(6,7)14(3,4)5/h10-11,17H,8-9H2,1-7H3/t10-,11?/m0/s1. The molecule has 1 unspecified atom stereocenters. The summed E-state index contributed by atoms with van der Waals surface area (Å²) in [6.07, 6.45) is -1.30. The van der Waals surface area contributed by atoms with E-state index in [0.29, 0.717) is 0 Å². The molecule has 21 heavy (non-hydrogen) atoms. The molecule has 1 N–H and O–H groups in total. The van der Waals surface area contributed by atoms with Gasteiger partial charge in [-0.1, -0.05) is 20.8 Å². The zero-order chi connectivity index (χ0) is 16.8. The topological polar surface area (TPSA) is 92.2 Å². The number of esters is 1. The molecular weight excluding hydrogens is 288 g/mol. The van der Waals surface area contributed by atoms with Crippen LogP contribution in [0.5, 0.6) is 0 Å². The van der Waals surface area contributed by atoms with Crippen LogP contribution in [0.1, 0.15) is 41.0 Å². The monoisotopic (exact) mass is 316 g/mol. The van der Waals surface area contributed by atoms with E-state index in [4.69, 9.17) is 14.7 Å². The summed E-state index contributed by atoms with van der Waals surface area (Å²) in [6.45, 7) is 14.2. The zero-order valence-corrected chi connectivity index (χ0v) is 15.1. The van der Waals surface area contributed by atoms with E-state index in [1.807, 2.05) is 6.92 Å². The van der Waals surface area contributed by atoms with Gasteiger partial charge in [0.25, 0.3) is 0 Å². The molecule has 7 heteroatoms. The third-order valence-corrected chi connectivity index (χ3v) is 8.37. The number of nitrogens with zero attached hydrogens (tertiary/aromatic N) is 2. The molecule has 6 nitrogen and oxygen atoms in total. The first-order chi connectivity index (χ1) is 9.46. The van der Waals surface area contributed by atoms with Crippen LogP contribution >= 0.6 is 0 Å². The molecule has 0 aromatic carbocycles. The van der Waals surface area contributed by atoms with Gasteiger partial charge in [-0.15, -0.1) is 0 Å². The Labute approximate surface area is 128 Å². The Hall–Kier alpha value is -1.01. The van der Waals surface area contributed by atoms with Gasteiger partial charge in [0, 0.05) is 12.5 Å². The van der Waals surface area contributed by atoms with Gasteiger partial charge in [-0.25, -0.2) is 4.79 Å². The molecule has 0 bridgehead atoms. The van der Waals surface area contributed by atoms with Gasteiger partial charge in [-0.05, 0) is 32.0 Å². The molecule has 0 amide bonds. The number of ether oxygens (including phenoxy) is 1. The van der Waals surface area contributed by atoms with Gasteiger partial charge < -0.3 is 19.8 Å². The van der Waals surface area contributed by atoms with Crippen molar-refractivity contribution in [3.8, 4) is 0 Å². The maximum atomic E-state index is 11.5. The molecule has 0 aliphatic rings. The molecule has 0 aliphatic carbocycles. The van der Waals surface area contributed by atoms with Crippen LogP contribution in [0.2, 0.25) is 18.1 Å². The minimum Gasteiger partial charge on any atom is -0.457 e. The van der Waals surface area contributed by atoms with E-state index in [2.05, 4.69) is 38.7 Å². The van der Waals surface area contributed by atoms with E-state index >= 15 is 0 Å². The van der Waals surface area contributed by atoms with E-state index in [0.717, 1.165) is 0 Å². The lowest BCUT2D eigenvalue weighted by Gasteiger charge is -2.38. The summed E-state index contributed by atoms with van der Waals surface area (Å²) in [5.74, 6) is -0.813. The predicted octanol–water partition coefficient (Wildman–Crippen LogP) is 2.38. The number of rotatable bonds is 7. The van der Waals surface area contributed by atoms with Crippen molar-refractivity contribution in [2.24, 2.45) is 0 Å². The van der Waals surface area contributed by atoms with Gasteiger partial charge in [0.2, 0.25) is 0 Å². The summed E-state index contributed by atoms with van der Waals surface area (Å²) in [5.41, 5.74) is 8.48. The first-order valence-corrected chi connectivity index (χ1v) is 10.1. The summed E-state index contributed by atoms with van der Waals surface area (Å²) < 4.78 is 10.8. The van der Waals surface area contributed by atoms with Gasteiger partial charge in [0.1, 0.15) is 0 Å². The second kappa shape index (κ2) is 7.84. The highest BCUT2D eigenvalue weighted by Gasteiger charge is 2.40. The fraction of sp³-hybridized carbons (Fsp3) is 0.857. The van der Waals surface area contributed by atoms with Crippen molar-refractivity contribution in [2.75, 3.05) is 6.61 Å². The van der Waals surface area contributed by atoms with Crippen molar-refractivity contribution in [3.05, 3.63) is 5.53 Å². The molecule has 0 aliphatic heterocycles. The Morgan fingerprint density at radius 3 is 2.29 bits per heavy atom. The lowest BCUT2D eigenvalue weighted by Crippen LogP contribution is -2.44. The van der Waals surface area contributed by atoms with Gasteiger partial charge in [0.05, 0.1) is 6.61 Å². The van der Waals surface area contributed by atoms with Crippen LogP contribution in [0, 0.1) is 0 Å². The Balaban J connectivity index is 4.75. The molecule has 122 valence electrons. The third kappa shape index (κ3) is 6.09. The van der Waals surface area contributed by atoms with Gasteiger partial charge in [-0.2, -0.15) is 4.79 Å². The highest BCUT2D eigenvalue weighted by molar-refractivity contribution is 6.74.